The monoisotopic (exact) mass is 284 g/mol. The summed E-state index contributed by atoms with van der Waals surface area (Å²) in [4.78, 5) is 12.7. The van der Waals surface area contributed by atoms with Gasteiger partial charge in [0.2, 0.25) is 0 Å². The molecule has 110 valence electrons. The lowest BCUT2D eigenvalue weighted by Gasteiger charge is -2.13. The van der Waals surface area contributed by atoms with Gasteiger partial charge in [0, 0.05) is 11.1 Å². The molecule has 0 amide bonds. The molecule has 0 fully saturated rings. The SMILES string of the molecule is Cc1cc(O)cc(C)c1C(=O)c1ccc(O)c(C(C)C)c1. The molecule has 0 bridgehead atoms. The number of ketones is 1. The second kappa shape index (κ2) is 5.60. The first-order valence-electron chi connectivity index (χ1n) is 6.99. The van der Waals surface area contributed by atoms with E-state index in [1.165, 1.54) is 0 Å². The lowest BCUT2D eigenvalue weighted by atomic mass is 9.92. The summed E-state index contributed by atoms with van der Waals surface area (Å²) in [7, 11) is 0. The van der Waals surface area contributed by atoms with Crippen LogP contribution in [0.4, 0.5) is 0 Å². The van der Waals surface area contributed by atoms with Crippen molar-refractivity contribution < 1.29 is 15.0 Å². The Kier molecular flexibility index (Phi) is 4.03. The number of carbonyl (C=O) groups is 1. The second-order valence-electron chi connectivity index (χ2n) is 5.71. The number of carbonyl (C=O) groups excluding carboxylic acids is 1. The molecule has 0 unspecified atom stereocenters. The zero-order valence-electron chi connectivity index (χ0n) is 12.8. The van der Waals surface area contributed by atoms with Crippen LogP contribution in [0.2, 0.25) is 0 Å². The van der Waals surface area contributed by atoms with Gasteiger partial charge < -0.3 is 10.2 Å². The Morgan fingerprint density at radius 2 is 1.57 bits per heavy atom. The number of phenols is 2. The third kappa shape index (κ3) is 2.92. The van der Waals surface area contributed by atoms with Crippen LogP contribution in [0.25, 0.3) is 0 Å². The molecule has 0 spiro atoms. The summed E-state index contributed by atoms with van der Waals surface area (Å²) in [6.07, 6.45) is 0. The fourth-order valence-electron chi connectivity index (χ4n) is 2.60. The summed E-state index contributed by atoms with van der Waals surface area (Å²) < 4.78 is 0. The third-order valence-electron chi connectivity index (χ3n) is 3.66. The van der Waals surface area contributed by atoms with E-state index in [0.717, 1.165) is 16.7 Å². The summed E-state index contributed by atoms with van der Waals surface area (Å²) >= 11 is 0. The number of aryl methyl sites for hydroxylation is 2. The Balaban J connectivity index is 2.53. The van der Waals surface area contributed by atoms with Crippen molar-refractivity contribution in [2.24, 2.45) is 0 Å². The molecule has 3 heteroatoms. The van der Waals surface area contributed by atoms with Gasteiger partial charge in [-0.05, 0) is 66.8 Å². The molecular weight excluding hydrogens is 264 g/mol. The number of hydrogen-bond donors (Lipinski definition) is 2. The standard InChI is InChI=1S/C18H20O3/c1-10(2)15-9-13(5-6-16(15)20)18(21)17-11(3)7-14(19)8-12(17)4/h5-10,19-20H,1-4H3. The molecule has 2 rings (SSSR count). The number of phenolic OH excluding ortho intramolecular Hbond substituents is 2. The molecule has 0 aliphatic carbocycles. The predicted molar refractivity (Wildman–Crippen MR) is 83.2 cm³/mol. The molecule has 0 atom stereocenters. The van der Waals surface area contributed by atoms with E-state index < -0.39 is 0 Å². The van der Waals surface area contributed by atoms with Crippen molar-refractivity contribution in [3.8, 4) is 11.5 Å². The minimum Gasteiger partial charge on any atom is -0.508 e. The topological polar surface area (TPSA) is 57.5 Å². The molecular formula is C18H20O3. The maximum atomic E-state index is 12.7. The quantitative estimate of drug-likeness (QED) is 0.835. The highest BCUT2D eigenvalue weighted by molar-refractivity contribution is 6.11. The van der Waals surface area contributed by atoms with Crippen LogP contribution in [0.3, 0.4) is 0 Å². The Bertz CT molecular complexity index is 677. The highest BCUT2D eigenvalue weighted by Crippen LogP contribution is 2.29. The highest BCUT2D eigenvalue weighted by atomic mass is 16.3. The van der Waals surface area contributed by atoms with Crippen LogP contribution >= 0.6 is 0 Å². The number of benzene rings is 2. The molecule has 0 saturated heterocycles. The van der Waals surface area contributed by atoms with Crippen LogP contribution in [0.15, 0.2) is 30.3 Å². The van der Waals surface area contributed by atoms with E-state index in [1.807, 2.05) is 27.7 Å². The fourth-order valence-corrected chi connectivity index (χ4v) is 2.60. The predicted octanol–water partition coefficient (Wildman–Crippen LogP) is 4.07. The smallest absolute Gasteiger partial charge is 0.193 e. The molecule has 3 nitrogen and oxygen atoms in total. The van der Waals surface area contributed by atoms with Crippen molar-refractivity contribution in [2.45, 2.75) is 33.6 Å². The molecule has 21 heavy (non-hydrogen) atoms. The Hall–Kier alpha value is -2.29. The van der Waals surface area contributed by atoms with E-state index in [9.17, 15) is 15.0 Å². The van der Waals surface area contributed by atoms with Crippen molar-refractivity contribution in [1.29, 1.82) is 0 Å². The van der Waals surface area contributed by atoms with Gasteiger partial charge in [-0.3, -0.25) is 4.79 Å². The van der Waals surface area contributed by atoms with Crippen LogP contribution in [-0.2, 0) is 0 Å². The highest BCUT2D eigenvalue weighted by Gasteiger charge is 2.17. The molecule has 2 aromatic carbocycles. The molecule has 2 aromatic rings. The number of hydrogen-bond acceptors (Lipinski definition) is 3. The first kappa shape index (κ1) is 15.1. The van der Waals surface area contributed by atoms with Gasteiger partial charge in [-0.25, -0.2) is 0 Å². The van der Waals surface area contributed by atoms with E-state index in [1.54, 1.807) is 30.3 Å². The summed E-state index contributed by atoms with van der Waals surface area (Å²) in [6.45, 7) is 7.56. The average Bonchev–Trinajstić information content (AvgIpc) is 2.37. The summed E-state index contributed by atoms with van der Waals surface area (Å²) in [6, 6.07) is 8.12. The van der Waals surface area contributed by atoms with Gasteiger partial charge in [0.15, 0.2) is 5.78 Å². The Morgan fingerprint density at radius 3 is 2.10 bits per heavy atom. The van der Waals surface area contributed by atoms with Crippen molar-refractivity contribution in [1.82, 2.24) is 0 Å². The maximum absolute atomic E-state index is 12.7. The van der Waals surface area contributed by atoms with Gasteiger partial charge in [-0.2, -0.15) is 0 Å². The Morgan fingerprint density at radius 1 is 1.00 bits per heavy atom. The number of aromatic hydroxyl groups is 2. The Labute approximate surface area is 124 Å². The first-order chi connectivity index (χ1) is 9.81. The molecule has 2 N–H and O–H groups in total. The van der Waals surface area contributed by atoms with E-state index >= 15 is 0 Å². The molecule has 0 aliphatic rings. The molecule has 0 aliphatic heterocycles. The van der Waals surface area contributed by atoms with Gasteiger partial charge >= 0.3 is 0 Å². The lowest BCUT2D eigenvalue weighted by molar-refractivity contribution is 0.103. The second-order valence-corrected chi connectivity index (χ2v) is 5.71. The summed E-state index contributed by atoms with van der Waals surface area (Å²) in [5.74, 6) is 0.419. The largest absolute Gasteiger partial charge is 0.508 e. The first-order valence-corrected chi connectivity index (χ1v) is 6.99. The molecule has 0 radical (unpaired) electrons. The van der Waals surface area contributed by atoms with E-state index in [0.29, 0.717) is 11.1 Å². The minimum absolute atomic E-state index is 0.0908. The normalized spacial score (nSPS) is 10.9. The van der Waals surface area contributed by atoms with E-state index in [4.69, 9.17) is 0 Å². The molecule has 0 heterocycles. The average molecular weight is 284 g/mol. The van der Waals surface area contributed by atoms with Gasteiger partial charge in [-0.1, -0.05) is 13.8 Å². The summed E-state index contributed by atoms with van der Waals surface area (Å²) in [5.41, 5.74) is 3.41. The fraction of sp³-hybridized carbons (Fsp3) is 0.278. The minimum atomic E-state index is -0.0908. The van der Waals surface area contributed by atoms with Gasteiger partial charge in [0.05, 0.1) is 0 Å². The third-order valence-corrected chi connectivity index (χ3v) is 3.66. The van der Waals surface area contributed by atoms with Gasteiger partial charge in [0.1, 0.15) is 11.5 Å². The van der Waals surface area contributed by atoms with Gasteiger partial charge in [-0.15, -0.1) is 0 Å². The molecule has 0 saturated carbocycles. The maximum Gasteiger partial charge on any atom is 0.193 e. The van der Waals surface area contributed by atoms with Crippen molar-refractivity contribution in [3.05, 3.63) is 58.1 Å². The van der Waals surface area contributed by atoms with E-state index in [2.05, 4.69) is 0 Å². The van der Waals surface area contributed by atoms with Gasteiger partial charge in [0.25, 0.3) is 0 Å². The van der Waals surface area contributed by atoms with Crippen molar-refractivity contribution >= 4 is 5.78 Å². The zero-order chi connectivity index (χ0) is 15.7. The zero-order valence-corrected chi connectivity index (χ0v) is 12.8. The van der Waals surface area contributed by atoms with E-state index in [-0.39, 0.29) is 23.2 Å². The van der Waals surface area contributed by atoms with Crippen LogP contribution in [0, 0.1) is 13.8 Å². The van der Waals surface area contributed by atoms with Crippen LogP contribution in [0.5, 0.6) is 11.5 Å². The lowest BCUT2D eigenvalue weighted by Crippen LogP contribution is -2.07. The summed E-state index contributed by atoms with van der Waals surface area (Å²) in [5, 5.41) is 19.4. The van der Waals surface area contributed by atoms with Crippen LogP contribution in [-0.4, -0.2) is 16.0 Å². The molecule has 0 aromatic heterocycles. The van der Waals surface area contributed by atoms with Crippen LogP contribution in [0.1, 0.15) is 52.4 Å². The number of rotatable bonds is 3. The van der Waals surface area contributed by atoms with Crippen LogP contribution < -0.4 is 0 Å². The van der Waals surface area contributed by atoms with Crippen molar-refractivity contribution in [2.75, 3.05) is 0 Å². The van der Waals surface area contributed by atoms with Crippen molar-refractivity contribution in [3.63, 3.8) is 0 Å².